The first-order chi connectivity index (χ1) is 11.7. The number of benzene rings is 1. The van der Waals surface area contributed by atoms with Crippen molar-refractivity contribution in [3.05, 3.63) is 35.9 Å². The number of carbonyl (C=O) groups is 2. The van der Waals surface area contributed by atoms with Gasteiger partial charge in [-0.05, 0) is 37.2 Å². The van der Waals surface area contributed by atoms with Crippen molar-refractivity contribution in [1.82, 2.24) is 10.6 Å². The SMILES string of the molecule is O=C(NCC[C@@H](CCO)c1ccccc1)C(=O)NC[C@H]1CCCO1. The van der Waals surface area contributed by atoms with Crippen LogP contribution < -0.4 is 10.6 Å². The fraction of sp³-hybridized carbons (Fsp3) is 0.556. The van der Waals surface area contributed by atoms with E-state index in [1.54, 1.807) is 0 Å². The standard InChI is InChI=1S/C18H26N2O4/c21-11-9-15(14-5-2-1-3-6-14)8-10-19-17(22)18(23)20-13-16-7-4-12-24-16/h1-3,5-6,15-16,21H,4,7-13H2,(H,19,22)(H,20,23)/t15-,16+/m0/s1. The summed E-state index contributed by atoms with van der Waals surface area (Å²) in [4.78, 5) is 23.6. The minimum absolute atomic E-state index is 0.0220. The molecule has 0 radical (unpaired) electrons. The lowest BCUT2D eigenvalue weighted by Crippen LogP contribution is -2.43. The van der Waals surface area contributed by atoms with Gasteiger partial charge in [-0.3, -0.25) is 9.59 Å². The summed E-state index contributed by atoms with van der Waals surface area (Å²) in [7, 11) is 0. The molecular weight excluding hydrogens is 308 g/mol. The molecule has 1 saturated heterocycles. The Morgan fingerprint density at radius 2 is 1.92 bits per heavy atom. The van der Waals surface area contributed by atoms with E-state index >= 15 is 0 Å². The van der Waals surface area contributed by atoms with Gasteiger partial charge in [0.05, 0.1) is 6.10 Å². The van der Waals surface area contributed by atoms with E-state index in [-0.39, 0.29) is 18.6 Å². The van der Waals surface area contributed by atoms with Gasteiger partial charge >= 0.3 is 11.8 Å². The largest absolute Gasteiger partial charge is 0.396 e. The van der Waals surface area contributed by atoms with Gasteiger partial charge in [0.1, 0.15) is 0 Å². The first-order valence-corrected chi connectivity index (χ1v) is 8.54. The van der Waals surface area contributed by atoms with Crippen LogP contribution in [-0.4, -0.2) is 49.3 Å². The summed E-state index contributed by atoms with van der Waals surface area (Å²) in [6.07, 6.45) is 3.24. The Balaban J connectivity index is 1.70. The number of hydrogen-bond acceptors (Lipinski definition) is 4. The van der Waals surface area contributed by atoms with Crippen LogP contribution in [0.2, 0.25) is 0 Å². The Labute approximate surface area is 142 Å². The summed E-state index contributed by atoms with van der Waals surface area (Å²) in [5.74, 6) is -1.08. The van der Waals surface area contributed by atoms with Crippen LogP contribution in [0.25, 0.3) is 0 Å². The van der Waals surface area contributed by atoms with Crippen molar-refractivity contribution in [3.63, 3.8) is 0 Å². The Morgan fingerprint density at radius 1 is 1.17 bits per heavy atom. The first-order valence-electron chi connectivity index (χ1n) is 8.54. The topological polar surface area (TPSA) is 87.7 Å². The Kier molecular flexibility index (Phi) is 7.71. The fourth-order valence-electron chi connectivity index (χ4n) is 2.89. The van der Waals surface area contributed by atoms with Crippen molar-refractivity contribution < 1.29 is 19.4 Å². The molecule has 1 aromatic carbocycles. The molecule has 0 saturated carbocycles. The highest BCUT2D eigenvalue weighted by Gasteiger charge is 2.19. The molecule has 2 atom stereocenters. The van der Waals surface area contributed by atoms with E-state index in [0.29, 0.717) is 25.9 Å². The van der Waals surface area contributed by atoms with Crippen molar-refractivity contribution in [3.8, 4) is 0 Å². The number of rotatable bonds is 8. The van der Waals surface area contributed by atoms with Crippen LogP contribution in [0.1, 0.15) is 37.2 Å². The number of carbonyl (C=O) groups excluding carboxylic acids is 2. The van der Waals surface area contributed by atoms with Gasteiger partial charge in [-0.15, -0.1) is 0 Å². The zero-order valence-electron chi connectivity index (χ0n) is 13.9. The molecule has 0 aromatic heterocycles. The summed E-state index contributed by atoms with van der Waals surface area (Å²) in [5.41, 5.74) is 1.13. The van der Waals surface area contributed by atoms with Gasteiger partial charge in [-0.25, -0.2) is 0 Å². The third-order valence-electron chi connectivity index (χ3n) is 4.25. The molecule has 1 aromatic rings. The molecule has 6 nitrogen and oxygen atoms in total. The molecule has 1 aliphatic rings. The molecule has 0 unspecified atom stereocenters. The van der Waals surface area contributed by atoms with E-state index in [1.807, 2.05) is 30.3 Å². The van der Waals surface area contributed by atoms with Crippen LogP contribution in [0.3, 0.4) is 0 Å². The molecule has 1 heterocycles. The summed E-state index contributed by atoms with van der Waals surface area (Å²) in [5, 5.41) is 14.5. The number of nitrogens with one attached hydrogen (secondary N) is 2. The zero-order chi connectivity index (χ0) is 17.2. The maximum absolute atomic E-state index is 11.8. The average Bonchev–Trinajstić information content (AvgIpc) is 3.13. The summed E-state index contributed by atoms with van der Waals surface area (Å²) >= 11 is 0. The molecule has 6 heteroatoms. The highest BCUT2D eigenvalue weighted by atomic mass is 16.5. The molecule has 0 spiro atoms. The zero-order valence-corrected chi connectivity index (χ0v) is 13.9. The van der Waals surface area contributed by atoms with Gasteiger partial charge in [0.2, 0.25) is 0 Å². The number of amides is 2. The molecule has 1 aliphatic heterocycles. The van der Waals surface area contributed by atoms with E-state index < -0.39 is 11.8 Å². The van der Waals surface area contributed by atoms with Gasteiger partial charge in [0.25, 0.3) is 0 Å². The summed E-state index contributed by atoms with van der Waals surface area (Å²) < 4.78 is 5.40. The van der Waals surface area contributed by atoms with Crippen LogP contribution in [0.4, 0.5) is 0 Å². The molecule has 0 aliphatic carbocycles. The first kappa shape index (κ1) is 18.4. The lowest BCUT2D eigenvalue weighted by molar-refractivity contribution is -0.139. The van der Waals surface area contributed by atoms with Crippen molar-refractivity contribution >= 4 is 11.8 Å². The lowest BCUT2D eigenvalue weighted by atomic mass is 9.93. The predicted molar refractivity (Wildman–Crippen MR) is 90.5 cm³/mol. The Bertz CT molecular complexity index is 515. The highest BCUT2D eigenvalue weighted by molar-refractivity contribution is 6.35. The van der Waals surface area contributed by atoms with Crippen LogP contribution in [0, 0.1) is 0 Å². The summed E-state index contributed by atoms with van der Waals surface area (Å²) in [6.45, 7) is 1.59. The van der Waals surface area contributed by atoms with Crippen LogP contribution in [0.5, 0.6) is 0 Å². The average molecular weight is 334 g/mol. The van der Waals surface area contributed by atoms with Gasteiger partial charge in [0.15, 0.2) is 0 Å². The second-order valence-electron chi connectivity index (χ2n) is 6.01. The fourth-order valence-corrected chi connectivity index (χ4v) is 2.89. The van der Waals surface area contributed by atoms with Crippen LogP contribution in [0.15, 0.2) is 30.3 Å². The maximum atomic E-state index is 11.8. The van der Waals surface area contributed by atoms with Gasteiger partial charge in [-0.1, -0.05) is 30.3 Å². The Hall–Kier alpha value is -1.92. The normalized spacial score (nSPS) is 18.1. The number of ether oxygens (including phenoxy) is 1. The third kappa shape index (κ3) is 5.94. The molecule has 1 fully saturated rings. The molecule has 2 rings (SSSR count). The molecule has 3 N–H and O–H groups in total. The number of aliphatic hydroxyl groups is 1. The minimum atomic E-state index is -0.621. The lowest BCUT2D eigenvalue weighted by Gasteiger charge is -2.16. The van der Waals surface area contributed by atoms with Crippen molar-refractivity contribution in [2.24, 2.45) is 0 Å². The van der Waals surface area contributed by atoms with Crippen molar-refractivity contribution in [2.45, 2.75) is 37.7 Å². The molecule has 24 heavy (non-hydrogen) atoms. The third-order valence-corrected chi connectivity index (χ3v) is 4.25. The quantitative estimate of drug-likeness (QED) is 0.618. The smallest absolute Gasteiger partial charge is 0.309 e. The summed E-state index contributed by atoms with van der Waals surface area (Å²) in [6, 6.07) is 9.88. The minimum Gasteiger partial charge on any atom is -0.396 e. The molecule has 132 valence electrons. The monoisotopic (exact) mass is 334 g/mol. The molecule has 2 amide bonds. The maximum Gasteiger partial charge on any atom is 0.309 e. The van der Waals surface area contributed by atoms with Crippen LogP contribution in [-0.2, 0) is 14.3 Å². The predicted octanol–water partition coefficient (Wildman–Crippen LogP) is 0.954. The van der Waals surface area contributed by atoms with E-state index in [2.05, 4.69) is 10.6 Å². The highest BCUT2D eigenvalue weighted by Crippen LogP contribution is 2.22. The second-order valence-corrected chi connectivity index (χ2v) is 6.01. The molecular formula is C18H26N2O4. The number of aliphatic hydroxyl groups excluding tert-OH is 1. The van der Waals surface area contributed by atoms with Gasteiger partial charge in [-0.2, -0.15) is 0 Å². The number of hydrogen-bond donors (Lipinski definition) is 3. The van der Waals surface area contributed by atoms with E-state index in [9.17, 15) is 14.7 Å². The van der Waals surface area contributed by atoms with Gasteiger partial charge < -0.3 is 20.5 Å². The Morgan fingerprint density at radius 3 is 2.58 bits per heavy atom. The van der Waals surface area contributed by atoms with E-state index in [1.165, 1.54) is 0 Å². The van der Waals surface area contributed by atoms with Gasteiger partial charge in [0, 0.05) is 26.3 Å². The van der Waals surface area contributed by atoms with Crippen LogP contribution >= 0.6 is 0 Å². The second kappa shape index (κ2) is 10.1. The van der Waals surface area contributed by atoms with E-state index in [4.69, 9.17) is 4.74 Å². The van der Waals surface area contributed by atoms with E-state index in [0.717, 1.165) is 25.0 Å². The molecule has 0 bridgehead atoms. The van der Waals surface area contributed by atoms with Crippen molar-refractivity contribution in [1.29, 1.82) is 0 Å². The van der Waals surface area contributed by atoms with Crippen molar-refractivity contribution in [2.75, 3.05) is 26.3 Å².